The molecule has 1 aliphatic carbocycles. The topological polar surface area (TPSA) is 73.9 Å². The number of hydrogen-bond donors (Lipinski definition) is 1. The van der Waals surface area contributed by atoms with Crippen molar-refractivity contribution in [1.82, 2.24) is 5.32 Å². The molecule has 1 atom stereocenters. The standard InChI is InChI=1S/C36H53NO5S/c1-6-7-8-9-10-11-12-13-14-15-16-17-18-19-33(39)37-29-22-20-26-24-31(40-2)35(41-3)36(42-4)34(26)27-21-23-32(43-5)30(38)25-28(27)29/h21,23-25,29H,6-20,22H2,1-5H3,(H,37,39)/t29-/m0/s1. The van der Waals surface area contributed by atoms with Gasteiger partial charge in [0.15, 0.2) is 16.9 Å². The SMILES string of the molecule is CCCCCCCCCCCCCCCC(=O)N[C@H]1CCc2cc(OC)c(OC)c(OC)c2-c2ccc(SC)c(=O)cc21. The van der Waals surface area contributed by atoms with Gasteiger partial charge < -0.3 is 19.5 Å². The van der Waals surface area contributed by atoms with E-state index in [2.05, 4.69) is 12.2 Å². The molecule has 0 spiro atoms. The van der Waals surface area contributed by atoms with Gasteiger partial charge in [-0.15, -0.1) is 11.8 Å². The van der Waals surface area contributed by atoms with Crippen LogP contribution in [0.5, 0.6) is 17.2 Å². The second-order valence-electron chi connectivity index (χ2n) is 11.6. The Morgan fingerprint density at radius 1 is 0.837 bits per heavy atom. The Balaban J connectivity index is 1.63. The first-order chi connectivity index (χ1) is 21.0. The number of aryl methyl sites for hydroxylation is 1. The van der Waals surface area contributed by atoms with Crippen LogP contribution >= 0.6 is 11.8 Å². The summed E-state index contributed by atoms with van der Waals surface area (Å²) in [4.78, 5) is 27.0. The predicted molar refractivity (Wildman–Crippen MR) is 179 cm³/mol. The lowest BCUT2D eigenvalue weighted by atomic mass is 9.95. The van der Waals surface area contributed by atoms with Crippen molar-refractivity contribution in [2.45, 2.75) is 121 Å². The van der Waals surface area contributed by atoms with Crippen LogP contribution in [0.4, 0.5) is 0 Å². The minimum absolute atomic E-state index is 0.0381. The van der Waals surface area contributed by atoms with Crippen LogP contribution < -0.4 is 25.0 Å². The number of thioether (sulfide) groups is 1. The second kappa shape index (κ2) is 18.9. The van der Waals surface area contributed by atoms with Gasteiger partial charge in [-0.2, -0.15) is 0 Å². The van der Waals surface area contributed by atoms with Crippen LogP contribution in [0.1, 0.15) is 120 Å². The van der Waals surface area contributed by atoms with Gasteiger partial charge in [0.05, 0.1) is 32.3 Å². The van der Waals surface area contributed by atoms with Crippen molar-refractivity contribution < 1.29 is 19.0 Å². The fourth-order valence-corrected chi connectivity index (χ4v) is 6.65. The zero-order valence-electron chi connectivity index (χ0n) is 27.1. The number of hydrogen-bond acceptors (Lipinski definition) is 6. The average Bonchev–Trinajstić information content (AvgIpc) is 3.26. The molecule has 1 aliphatic rings. The molecule has 2 aromatic carbocycles. The number of benzene rings is 1. The van der Waals surface area contributed by atoms with Crippen molar-refractivity contribution in [2.75, 3.05) is 27.6 Å². The number of rotatable bonds is 19. The maximum absolute atomic E-state index is 13.2. The Kier molecular flexibility index (Phi) is 15.3. The number of amides is 1. The lowest BCUT2D eigenvalue weighted by molar-refractivity contribution is -0.122. The van der Waals surface area contributed by atoms with Gasteiger partial charge in [0.2, 0.25) is 11.7 Å². The molecule has 0 unspecified atom stereocenters. The van der Waals surface area contributed by atoms with Gasteiger partial charge in [0, 0.05) is 12.0 Å². The van der Waals surface area contributed by atoms with E-state index in [1.54, 1.807) is 27.4 Å². The van der Waals surface area contributed by atoms with Gasteiger partial charge in [-0.05, 0) is 60.4 Å². The highest BCUT2D eigenvalue weighted by Crippen LogP contribution is 2.50. The summed E-state index contributed by atoms with van der Waals surface area (Å²) >= 11 is 1.42. The molecule has 0 aliphatic heterocycles. The molecule has 0 aromatic heterocycles. The number of methoxy groups -OCH3 is 3. The Morgan fingerprint density at radius 2 is 1.44 bits per heavy atom. The van der Waals surface area contributed by atoms with Crippen molar-refractivity contribution in [2.24, 2.45) is 0 Å². The van der Waals surface area contributed by atoms with Crippen LogP contribution in [0.3, 0.4) is 0 Å². The van der Waals surface area contributed by atoms with Crippen molar-refractivity contribution >= 4 is 17.7 Å². The van der Waals surface area contributed by atoms with E-state index >= 15 is 0 Å². The maximum Gasteiger partial charge on any atom is 0.220 e. The fraction of sp³-hybridized carbons (Fsp3) is 0.611. The number of fused-ring (bicyclic) bond motifs is 3. The highest BCUT2D eigenvalue weighted by atomic mass is 32.2. The first kappa shape index (κ1) is 34.8. The number of carbonyl (C=O) groups is 1. The van der Waals surface area contributed by atoms with E-state index < -0.39 is 0 Å². The predicted octanol–water partition coefficient (Wildman–Crippen LogP) is 9.05. The van der Waals surface area contributed by atoms with E-state index in [-0.39, 0.29) is 17.4 Å². The minimum atomic E-state index is -0.284. The van der Waals surface area contributed by atoms with Crippen molar-refractivity contribution in [1.29, 1.82) is 0 Å². The third-order valence-corrected chi connectivity index (χ3v) is 9.34. The van der Waals surface area contributed by atoms with Crippen LogP contribution in [0.25, 0.3) is 11.1 Å². The number of unbranched alkanes of at least 4 members (excludes halogenated alkanes) is 12. The number of carbonyl (C=O) groups excluding carboxylic acids is 1. The number of ether oxygens (including phenoxy) is 3. The van der Waals surface area contributed by atoms with Gasteiger partial charge in [-0.25, -0.2) is 0 Å². The summed E-state index contributed by atoms with van der Waals surface area (Å²) in [7, 11) is 4.82. The quantitative estimate of drug-likeness (QED) is 0.126. The van der Waals surface area contributed by atoms with Crippen molar-refractivity contribution in [3.63, 3.8) is 0 Å². The van der Waals surface area contributed by atoms with Crippen LogP contribution in [0.15, 0.2) is 34.0 Å². The third-order valence-electron chi connectivity index (χ3n) is 8.56. The first-order valence-corrected chi connectivity index (χ1v) is 17.5. The summed E-state index contributed by atoms with van der Waals surface area (Å²) in [5.41, 5.74) is 3.55. The largest absolute Gasteiger partial charge is 0.493 e. The summed E-state index contributed by atoms with van der Waals surface area (Å²) in [5, 5.41) is 3.28. The van der Waals surface area contributed by atoms with Crippen LogP contribution in [-0.4, -0.2) is 33.5 Å². The summed E-state index contributed by atoms with van der Waals surface area (Å²) in [5.74, 6) is 1.72. The molecule has 0 saturated carbocycles. The molecule has 1 amide bonds. The highest BCUT2D eigenvalue weighted by Gasteiger charge is 2.29. The third kappa shape index (κ3) is 9.92. The van der Waals surface area contributed by atoms with Gasteiger partial charge in [-0.1, -0.05) is 90.0 Å². The van der Waals surface area contributed by atoms with Crippen LogP contribution in [0.2, 0.25) is 0 Å². The molecule has 0 bridgehead atoms. The molecule has 0 heterocycles. The van der Waals surface area contributed by atoms with Gasteiger partial charge in [0.1, 0.15) is 0 Å². The lowest BCUT2D eigenvalue weighted by Gasteiger charge is -2.20. The van der Waals surface area contributed by atoms with Crippen LogP contribution in [-0.2, 0) is 11.2 Å². The molecule has 0 radical (unpaired) electrons. The fourth-order valence-electron chi connectivity index (χ4n) is 6.19. The zero-order chi connectivity index (χ0) is 31.0. The average molecular weight is 612 g/mol. The second-order valence-corrected chi connectivity index (χ2v) is 12.5. The monoisotopic (exact) mass is 611 g/mol. The van der Waals surface area contributed by atoms with E-state index in [0.29, 0.717) is 41.4 Å². The smallest absolute Gasteiger partial charge is 0.220 e. The lowest BCUT2D eigenvalue weighted by Crippen LogP contribution is -2.28. The van der Waals surface area contributed by atoms with E-state index in [0.717, 1.165) is 35.1 Å². The Hall–Kier alpha value is -2.67. The summed E-state index contributed by atoms with van der Waals surface area (Å²) in [6, 6.07) is 7.24. The summed E-state index contributed by atoms with van der Waals surface area (Å²) in [6.07, 6.45) is 20.4. The van der Waals surface area contributed by atoms with E-state index in [1.165, 1.54) is 82.4 Å². The van der Waals surface area contributed by atoms with Gasteiger partial charge >= 0.3 is 0 Å². The van der Waals surface area contributed by atoms with E-state index in [9.17, 15) is 9.59 Å². The number of nitrogens with one attached hydrogen (secondary N) is 1. The molecule has 3 rings (SSSR count). The molecule has 0 fully saturated rings. The molecule has 43 heavy (non-hydrogen) atoms. The molecular weight excluding hydrogens is 558 g/mol. The Bertz CT molecular complexity index is 1230. The molecule has 7 heteroatoms. The summed E-state index contributed by atoms with van der Waals surface area (Å²) < 4.78 is 17.2. The molecule has 2 aromatic rings. The Labute approximate surface area is 263 Å². The normalized spacial score (nSPS) is 13.9. The zero-order valence-corrected chi connectivity index (χ0v) is 28.0. The Morgan fingerprint density at radius 3 is 2.00 bits per heavy atom. The molecule has 0 saturated heterocycles. The van der Waals surface area contributed by atoms with Crippen molar-refractivity contribution in [3.8, 4) is 28.4 Å². The molecule has 238 valence electrons. The summed E-state index contributed by atoms with van der Waals surface area (Å²) in [6.45, 7) is 2.27. The maximum atomic E-state index is 13.2. The molecule has 1 N–H and O–H groups in total. The van der Waals surface area contributed by atoms with Crippen molar-refractivity contribution in [3.05, 3.63) is 45.6 Å². The van der Waals surface area contributed by atoms with E-state index in [1.807, 2.05) is 24.5 Å². The molecule has 6 nitrogen and oxygen atoms in total. The van der Waals surface area contributed by atoms with Gasteiger partial charge in [0.25, 0.3) is 0 Å². The first-order valence-electron chi connectivity index (χ1n) is 16.3. The van der Waals surface area contributed by atoms with Crippen LogP contribution in [0, 0.1) is 0 Å². The highest BCUT2D eigenvalue weighted by molar-refractivity contribution is 7.98. The molecular formula is C36H53NO5S. The minimum Gasteiger partial charge on any atom is -0.493 e. The van der Waals surface area contributed by atoms with Gasteiger partial charge in [-0.3, -0.25) is 9.59 Å². The van der Waals surface area contributed by atoms with E-state index in [4.69, 9.17) is 14.2 Å².